The molecular formula is C16H17ClF2O2. The first-order valence-electron chi connectivity index (χ1n) is 6.54. The van der Waals surface area contributed by atoms with Gasteiger partial charge in [-0.15, -0.1) is 0 Å². The van der Waals surface area contributed by atoms with E-state index < -0.39 is 6.61 Å². The Hall–Kier alpha value is -1.65. The highest BCUT2D eigenvalue weighted by molar-refractivity contribution is 6.30. The second kappa shape index (κ2) is 8.60. The molecule has 5 heteroatoms. The zero-order chi connectivity index (χ0) is 15.8. The lowest BCUT2D eigenvalue weighted by Crippen LogP contribution is -2.03. The van der Waals surface area contributed by atoms with Gasteiger partial charge >= 0.3 is 6.61 Å². The maximum atomic E-state index is 12.4. The van der Waals surface area contributed by atoms with Gasteiger partial charge in [-0.2, -0.15) is 8.78 Å². The van der Waals surface area contributed by atoms with Crippen LogP contribution in [0.15, 0.2) is 42.5 Å². The van der Waals surface area contributed by atoms with E-state index in [0.29, 0.717) is 21.7 Å². The monoisotopic (exact) mass is 314 g/mol. The summed E-state index contributed by atoms with van der Waals surface area (Å²) in [6.07, 6.45) is 0. The first-order valence-corrected chi connectivity index (χ1v) is 6.92. The fraction of sp³-hybridized carbons (Fsp3) is 0.250. The van der Waals surface area contributed by atoms with E-state index in [-0.39, 0.29) is 12.4 Å². The first-order chi connectivity index (χ1) is 10.1. The van der Waals surface area contributed by atoms with Gasteiger partial charge in [0, 0.05) is 10.6 Å². The van der Waals surface area contributed by atoms with Crippen molar-refractivity contribution in [2.24, 2.45) is 0 Å². The number of hydrogen-bond acceptors (Lipinski definition) is 2. The second-order valence-electron chi connectivity index (χ2n) is 3.88. The van der Waals surface area contributed by atoms with Crippen LogP contribution >= 0.6 is 11.6 Å². The van der Waals surface area contributed by atoms with E-state index in [9.17, 15) is 8.78 Å². The fourth-order valence-electron chi connectivity index (χ4n) is 1.76. The first kappa shape index (κ1) is 17.4. The van der Waals surface area contributed by atoms with Gasteiger partial charge in [0.2, 0.25) is 0 Å². The van der Waals surface area contributed by atoms with Crippen LogP contribution < -0.4 is 4.74 Å². The lowest BCUT2D eigenvalue weighted by atomic mass is 10.0. The molecule has 114 valence electrons. The molecule has 0 aromatic heterocycles. The lowest BCUT2D eigenvalue weighted by Gasteiger charge is -2.12. The largest absolute Gasteiger partial charge is 0.434 e. The van der Waals surface area contributed by atoms with Crippen molar-refractivity contribution in [1.29, 1.82) is 0 Å². The van der Waals surface area contributed by atoms with Crippen LogP contribution in [0.3, 0.4) is 0 Å². The second-order valence-corrected chi connectivity index (χ2v) is 4.31. The summed E-state index contributed by atoms with van der Waals surface area (Å²) in [7, 11) is 0. The van der Waals surface area contributed by atoms with Crippen LogP contribution in [0.2, 0.25) is 5.02 Å². The predicted octanol–water partition coefficient (Wildman–Crippen LogP) is 5.13. The number of hydrogen-bond donors (Lipinski definition) is 1. The quantitative estimate of drug-likeness (QED) is 0.848. The van der Waals surface area contributed by atoms with Crippen LogP contribution in [0.5, 0.6) is 5.75 Å². The predicted molar refractivity (Wildman–Crippen MR) is 80.8 cm³/mol. The van der Waals surface area contributed by atoms with Gasteiger partial charge in [0.05, 0.1) is 6.61 Å². The molecule has 0 unspecified atom stereocenters. The van der Waals surface area contributed by atoms with E-state index in [0.717, 1.165) is 0 Å². The molecule has 2 aromatic rings. The van der Waals surface area contributed by atoms with Crippen LogP contribution in [0, 0.1) is 0 Å². The third-order valence-corrected chi connectivity index (χ3v) is 2.81. The summed E-state index contributed by atoms with van der Waals surface area (Å²) in [5.41, 5.74) is 1.73. The molecule has 0 atom stereocenters. The van der Waals surface area contributed by atoms with Crippen LogP contribution in [-0.4, -0.2) is 11.7 Å². The molecule has 0 aliphatic rings. The number of aliphatic hydroxyl groups is 1. The third kappa shape index (κ3) is 4.99. The molecule has 0 radical (unpaired) electrons. The Bertz CT molecular complexity index is 574. The summed E-state index contributed by atoms with van der Waals surface area (Å²) in [6.45, 7) is 0.917. The van der Waals surface area contributed by atoms with Gasteiger partial charge in [0.15, 0.2) is 0 Å². The number of rotatable bonds is 4. The molecule has 0 saturated carbocycles. The van der Waals surface area contributed by atoms with E-state index in [1.54, 1.807) is 30.3 Å². The maximum Gasteiger partial charge on any atom is 0.387 e. The Kier molecular flexibility index (Phi) is 7.12. The zero-order valence-electron chi connectivity index (χ0n) is 11.8. The van der Waals surface area contributed by atoms with Gasteiger partial charge in [0.1, 0.15) is 5.75 Å². The summed E-state index contributed by atoms with van der Waals surface area (Å²) in [5.74, 6) is 0.0504. The Morgan fingerprint density at radius 1 is 1.14 bits per heavy atom. The van der Waals surface area contributed by atoms with Gasteiger partial charge in [-0.3, -0.25) is 0 Å². The molecule has 0 aliphatic heterocycles. The lowest BCUT2D eigenvalue weighted by molar-refractivity contribution is -0.0494. The molecular weight excluding hydrogens is 298 g/mol. The van der Waals surface area contributed by atoms with Crippen molar-refractivity contribution in [1.82, 2.24) is 0 Å². The van der Waals surface area contributed by atoms with Crippen molar-refractivity contribution >= 4 is 11.6 Å². The minimum atomic E-state index is -2.90. The van der Waals surface area contributed by atoms with E-state index >= 15 is 0 Å². The normalized spacial score (nSPS) is 10.0. The van der Waals surface area contributed by atoms with Crippen molar-refractivity contribution in [2.75, 3.05) is 0 Å². The molecule has 2 rings (SSSR count). The van der Waals surface area contributed by atoms with E-state index in [1.807, 2.05) is 13.8 Å². The van der Waals surface area contributed by atoms with E-state index in [1.165, 1.54) is 12.1 Å². The highest BCUT2D eigenvalue weighted by Gasteiger charge is 2.12. The molecule has 1 N–H and O–H groups in total. The molecule has 0 aliphatic carbocycles. The van der Waals surface area contributed by atoms with Gasteiger partial charge in [-0.25, -0.2) is 0 Å². The van der Waals surface area contributed by atoms with Crippen molar-refractivity contribution in [3.63, 3.8) is 0 Å². The molecule has 2 nitrogen and oxygen atoms in total. The molecule has 0 amide bonds. The SMILES string of the molecule is CC.OCc1ccc(OC(F)F)c(-c2cccc(Cl)c2)c1. The van der Waals surface area contributed by atoms with E-state index in [2.05, 4.69) is 4.74 Å². The molecule has 21 heavy (non-hydrogen) atoms. The number of benzene rings is 2. The van der Waals surface area contributed by atoms with Crippen molar-refractivity contribution in [3.8, 4) is 16.9 Å². The van der Waals surface area contributed by atoms with Gasteiger partial charge in [-0.05, 0) is 35.4 Å². The Morgan fingerprint density at radius 2 is 1.86 bits per heavy atom. The third-order valence-electron chi connectivity index (χ3n) is 2.58. The maximum absolute atomic E-state index is 12.4. The summed E-state index contributed by atoms with van der Waals surface area (Å²) >= 11 is 5.89. The zero-order valence-corrected chi connectivity index (χ0v) is 12.6. The molecule has 2 aromatic carbocycles. The molecule has 0 bridgehead atoms. The molecule has 0 fully saturated rings. The highest BCUT2D eigenvalue weighted by Crippen LogP contribution is 2.33. The molecule has 0 heterocycles. The number of halogens is 3. The average molecular weight is 315 g/mol. The van der Waals surface area contributed by atoms with Crippen LogP contribution in [-0.2, 0) is 6.61 Å². The smallest absolute Gasteiger partial charge is 0.387 e. The van der Waals surface area contributed by atoms with Crippen molar-refractivity contribution in [2.45, 2.75) is 27.1 Å². The van der Waals surface area contributed by atoms with Gasteiger partial charge in [0.25, 0.3) is 0 Å². The minimum Gasteiger partial charge on any atom is -0.434 e. The molecule has 0 spiro atoms. The number of alkyl halides is 2. The number of aliphatic hydroxyl groups excluding tert-OH is 1. The summed E-state index contributed by atoms with van der Waals surface area (Å²) in [6, 6.07) is 11.3. The average Bonchev–Trinajstić information content (AvgIpc) is 2.49. The van der Waals surface area contributed by atoms with Crippen LogP contribution in [0.4, 0.5) is 8.78 Å². The Balaban J connectivity index is 0.00000106. The van der Waals surface area contributed by atoms with Gasteiger partial charge < -0.3 is 9.84 Å². The standard InChI is InChI=1S/C14H11ClF2O2.C2H6/c15-11-3-1-2-10(7-11)12-6-9(8-18)4-5-13(12)19-14(16)17;1-2/h1-7,14,18H,8H2;1-2H3. The van der Waals surface area contributed by atoms with Crippen molar-refractivity contribution in [3.05, 3.63) is 53.1 Å². The fourth-order valence-corrected chi connectivity index (χ4v) is 1.95. The molecule has 0 saturated heterocycles. The minimum absolute atomic E-state index is 0.0504. The summed E-state index contributed by atoms with van der Waals surface area (Å²) in [4.78, 5) is 0. The van der Waals surface area contributed by atoms with Crippen molar-refractivity contribution < 1.29 is 18.6 Å². The van der Waals surface area contributed by atoms with Crippen LogP contribution in [0.25, 0.3) is 11.1 Å². The van der Waals surface area contributed by atoms with Gasteiger partial charge in [-0.1, -0.05) is 43.6 Å². The Morgan fingerprint density at radius 3 is 2.43 bits per heavy atom. The van der Waals surface area contributed by atoms with Crippen LogP contribution in [0.1, 0.15) is 19.4 Å². The summed E-state index contributed by atoms with van der Waals surface area (Å²) in [5, 5.41) is 9.62. The van der Waals surface area contributed by atoms with E-state index in [4.69, 9.17) is 16.7 Å². The summed E-state index contributed by atoms with van der Waals surface area (Å²) < 4.78 is 29.2. The number of ether oxygens (including phenoxy) is 1. The Labute approximate surface area is 127 Å². The highest BCUT2D eigenvalue weighted by atomic mass is 35.5. The topological polar surface area (TPSA) is 29.5 Å².